The molecule has 122 valence electrons. The minimum absolute atomic E-state index is 0.0802. The Morgan fingerprint density at radius 2 is 1.91 bits per heavy atom. The van der Waals surface area contributed by atoms with Gasteiger partial charge in [0.2, 0.25) is 0 Å². The van der Waals surface area contributed by atoms with E-state index in [1.807, 2.05) is 0 Å². The second-order valence-corrected chi connectivity index (χ2v) is 7.33. The Bertz CT molecular complexity index is 688. The molecular weight excluding hydrogens is 286 g/mol. The fourth-order valence-electron chi connectivity index (χ4n) is 4.16. The zero-order chi connectivity index (χ0) is 15.8. The highest BCUT2D eigenvalue weighted by molar-refractivity contribution is 5.81. The molecule has 1 aromatic carbocycles. The van der Waals surface area contributed by atoms with Gasteiger partial charge >= 0.3 is 0 Å². The molecule has 0 spiro atoms. The van der Waals surface area contributed by atoms with Gasteiger partial charge in [-0.25, -0.2) is 9.97 Å². The van der Waals surface area contributed by atoms with E-state index in [9.17, 15) is 5.11 Å². The summed E-state index contributed by atoms with van der Waals surface area (Å²) in [6.45, 7) is 3.89. The van der Waals surface area contributed by atoms with Gasteiger partial charge in [0.05, 0.1) is 17.3 Å². The van der Waals surface area contributed by atoms with E-state index in [-0.39, 0.29) is 6.10 Å². The number of benzene rings is 1. The molecule has 1 saturated carbocycles. The molecule has 4 heteroatoms. The lowest BCUT2D eigenvalue weighted by atomic mass is 9.81. The van der Waals surface area contributed by atoms with Crippen LogP contribution in [0.1, 0.15) is 36.9 Å². The summed E-state index contributed by atoms with van der Waals surface area (Å²) in [5, 5.41) is 10.7. The molecule has 1 aliphatic heterocycles. The van der Waals surface area contributed by atoms with Crippen LogP contribution in [0.4, 0.5) is 0 Å². The van der Waals surface area contributed by atoms with E-state index in [4.69, 9.17) is 0 Å². The van der Waals surface area contributed by atoms with Crippen molar-refractivity contribution in [3.05, 3.63) is 35.8 Å². The first-order valence-corrected chi connectivity index (χ1v) is 8.81. The number of fused-ring (bicyclic) bond motifs is 1. The van der Waals surface area contributed by atoms with Gasteiger partial charge in [-0.15, -0.1) is 0 Å². The third-order valence-electron chi connectivity index (χ3n) is 5.58. The molecule has 4 rings (SSSR count). The lowest BCUT2D eigenvalue weighted by Crippen LogP contribution is -2.56. The van der Waals surface area contributed by atoms with Gasteiger partial charge in [0.25, 0.3) is 0 Å². The van der Waals surface area contributed by atoms with Crippen LogP contribution in [0, 0.1) is 12.8 Å². The van der Waals surface area contributed by atoms with Gasteiger partial charge in [-0.2, -0.15) is 0 Å². The highest BCUT2D eigenvalue weighted by Gasteiger charge is 2.33. The van der Waals surface area contributed by atoms with Crippen LogP contribution < -0.4 is 0 Å². The number of hydrogen-bond acceptors (Lipinski definition) is 4. The maximum absolute atomic E-state index is 9.46. The quantitative estimate of drug-likeness (QED) is 0.947. The van der Waals surface area contributed by atoms with E-state index in [1.54, 1.807) is 6.33 Å². The van der Waals surface area contributed by atoms with Gasteiger partial charge in [0, 0.05) is 24.5 Å². The topological polar surface area (TPSA) is 49.2 Å². The van der Waals surface area contributed by atoms with Crippen LogP contribution in [0.2, 0.25) is 0 Å². The molecule has 1 aliphatic carbocycles. The number of aliphatic hydroxyl groups is 1. The van der Waals surface area contributed by atoms with Crippen molar-refractivity contribution >= 4 is 10.9 Å². The summed E-state index contributed by atoms with van der Waals surface area (Å²) < 4.78 is 0. The van der Waals surface area contributed by atoms with Crippen molar-refractivity contribution in [2.75, 3.05) is 13.1 Å². The summed E-state index contributed by atoms with van der Waals surface area (Å²) in [5.74, 6) is 0.732. The molecule has 2 aliphatic rings. The third-order valence-corrected chi connectivity index (χ3v) is 5.58. The SMILES string of the molecule is Cc1ccc2ncnc(C[C@H]3CC[C@@H](N4CC(O)C4)CC3)c2c1. The summed E-state index contributed by atoms with van der Waals surface area (Å²) in [6, 6.07) is 7.13. The summed E-state index contributed by atoms with van der Waals surface area (Å²) in [6.07, 6.45) is 7.77. The predicted molar refractivity (Wildman–Crippen MR) is 91.3 cm³/mol. The molecule has 1 N–H and O–H groups in total. The summed E-state index contributed by atoms with van der Waals surface area (Å²) >= 11 is 0. The summed E-state index contributed by atoms with van der Waals surface area (Å²) in [5.41, 5.74) is 3.54. The zero-order valence-corrected chi connectivity index (χ0v) is 13.8. The number of aryl methyl sites for hydroxylation is 1. The Morgan fingerprint density at radius 3 is 2.65 bits per heavy atom. The van der Waals surface area contributed by atoms with E-state index < -0.39 is 0 Å². The molecule has 2 fully saturated rings. The Hall–Kier alpha value is -1.52. The first kappa shape index (κ1) is 15.0. The maximum Gasteiger partial charge on any atom is 0.116 e. The molecule has 0 amide bonds. The van der Waals surface area contributed by atoms with Crippen molar-refractivity contribution in [2.24, 2.45) is 5.92 Å². The minimum Gasteiger partial charge on any atom is -0.390 e. The highest BCUT2D eigenvalue weighted by atomic mass is 16.3. The normalized spacial score (nSPS) is 26.3. The van der Waals surface area contributed by atoms with Crippen molar-refractivity contribution in [1.29, 1.82) is 0 Å². The Labute approximate surface area is 137 Å². The Balaban J connectivity index is 1.42. The van der Waals surface area contributed by atoms with Gasteiger partial charge < -0.3 is 5.11 Å². The smallest absolute Gasteiger partial charge is 0.116 e. The van der Waals surface area contributed by atoms with Crippen molar-refractivity contribution < 1.29 is 5.11 Å². The van der Waals surface area contributed by atoms with Crippen molar-refractivity contribution in [1.82, 2.24) is 14.9 Å². The first-order valence-electron chi connectivity index (χ1n) is 8.81. The molecule has 0 radical (unpaired) electrons. The van der Waals surface area contributed by atoms with Crippen molar-refractivity contribution in [2.45, 2.75) is 51.2 Å². The van der Waals surface area contributed by atoms with Crippen LogP contribution in [-0.4, -0.2) is 45.2 Å². The number of rotatable bonds is 3. The van der Waals surface area contributed by atoms with Crippen LogP contribution in [0.15, 0.2) is 24.5 Å². The molecule has 2 heterocycles. The monoisotopic (exact) mass is 311 g/mol. The van der Waals surface area contributed by atoms with Crippen LogP contribution in [0.5, 0.6) is 0 Å². The van der Waals surface area contributed by atoms with E-state index >= 15 is 0 Å². The minimum atomic E-state index is -0.0802. The van der Waals surface area contributed by atoms with Gasteiger partial charge in [-0.3, -0.25) is 4.90 Å². The largest absolute Gasteiger partial charge is 0.390 e. The first-order chi connectivity index (χ1) is 11.2. The molecule has 0 atom stereocenters. The van der Waals surface area contributed by atoms with Crippen LogP contribution in [-0.2, 0) is 6.42 Å². The molecule has 23 heavy (non-hydrogen) atoms. The fraction of sp³-hybridized carbons (Fsp3) is 0.579. The number of aliphatic hydroxyl groups excluding tert-OH is 1. The summed E-state index contributed by atoms with van der Waals surface area (Å²) in [4.78, 5) is 11.4. The van der Waals surface area contributed by atoms with E-state index in [1.165, 1.54) is 42.3 Å². The lowest BCUT2D eigenvalue weighted by Gasteiger charge is -2.44. The maximum atomic E-state index is 9.46. The van der Waals surface area contributed by atoms with Gasteiger partial charge in [0.1, 0.15) is 6.33 Å². The Kier molecular flexibility index (Phi) is 4.04. The number of nitrogens with zero attached hydrogens (tertiary/aromatic N) is 3. The average Bonchev–Trinajstić information content (AvgIpc) is 2.53. The predicted octanol–water partition coefficient (Wildman–Crippen LogP) is 2.72. The van der Waals surface area contributed by atoms with Crippen molar-refractivity contribution in [3.63, 3.8) is 0 Å². The van der Waals surface area contributed by atoms with E-state index in [2.05, 4.69) is 40.0 Å². The van der Waals surface area contributed by atoms with Gasteiger partial charge in [-0.05, 0) is 57.1 Å². The summed E-state index contributed by atoms with van der Waals surface area (Å²) in [7, 11) is 0. The third kappa shape index (κ3) is 3.10. The molecule has 4 nitrogen and oxygen atoms in total. The van der Waals surface area contributed by atoms with E-state index in [0.717, 1.165) is 30.9 Å². The van der Waals surface area contributed by atoms with Crippen molar-refractivity contribution in [3.8, 4) is 0 Å². The van der Waals surface area contributed by atoms with E-state index in [0.29, 0.717) is 6.04 Å². The van der Waals surface area contributed by atoms with Crippen LogP contribution in [0.3, 0.4) is 0 Å². The second kappa shape index (κ2) is 6.17. The second-order valence-electron chi connectivity index (χ2n) is 7.33. The van der Waals surface area contributed by atoms with Gasteiger partial charge in [-0.1, -0.05) is 11.6 Å². The standard InChI is InChI=1S/C19H25N3O/c1-13-2-7-18-17(8-13)19(21-12-20-18)9-14-3-5-15(6-4-14)22-10-16(23)11-22/h2,7-8,12,14-16,23H,3-6,9-11H2,1H3/t14-,15+. The molecular formula is C19H25N3O. The molecule has 2 aromatic rings. The van der Waals surface area contributed by atoms with Crippen LogP contribution in [0.25, 0.3) is 10.9 Å². The average molecular weight is 311 g/mol. The Morgan fingerprint density at radius 1 is 1.13 bits per heavy atom. The highest BCUT2D eigenvalue weighted by Crippen LogP contribution is 2.32. The molecule has 1 saturated heterocycles. The molecule has 0 unspecified atom stereocenters. The number of likely N-dealkylation sites (tertiary alicyclic amines) is 1. The number of β-amino-alcohol motifs (C(OH)–C–C–N with tert-alkyl or cyclic N) is 1. The number of hydrogen-bond donors (Lipinski definition) is 1. The van der Waals surface area contributed by atoms with Gasteiger partial charge in [0.15, 0.2) is 0 Å². The molecule has 0 bridgehead atoms. The fourth-order valence-corrected chi connectivity index (χ4v) is 4.16. The zero-order valence-electron chi connectivity index (χ0n) is 13.8. The molecule has 1 aromatic heterocycles. The lowest BCUT2D eigenvalue weighted by molar-refractivity contribution is -0.0365. The van der Waals surface area contributed by atoms with Crippen LogP contribution >= 0.6 is 0 Å². The number of aromatic nitrogens is 2.